The summed E-state index contributed by atoms with van der Waals surface area (Å²) in [5.41, 5.74) is 1.70. The highest BCUT2D eigenvalue weighted by Crippen LogP contribution is 2.37. The van der Waals surface area contributed by atoms with E-state index in [0.29, 0.717) is 10.0 Å². The van der Waals surface area contributed by atoms with Crippen molar-refractivity contribution in [3.63, 3.8) is 0 Å². The quantitative estimate of drug-likeness (QED) is 0.585. The monoisotopic (exact) mass is 378 g/mol. The standard InChI is InChI=1S/C14H10BrCl3O/c1-19-13-5-2-8(6-11(13)15)14(18)10-7-9(16)3-4-12(10)17/h2-7,14H,1H3. The highest BCUT2D eigenvalue weighted by Gasteiger charge is 2.16. The molecule has 0 aliphatic heterocycles. The maximum Gasteiger partial charge on any atom is 0.133 e. The number of hydrogen-bond acceptors (Lipinski definition) is 1. The maximum absolute atomic E-state index is 6.47. The lowest BCUT2D eigenvalue weighted by molar-refractivity contribution is 0.412. The van der Waals surface area contributed by atoms with Gasteiger partial charge in [0.05, 0.1) is 17.0 Å². The molecule has 0 fully saturated rings. The molecule has 0 N–H and O–H groups in total. The lowest BCUT2D eigenvalue weighted by Crippen LogP contribution is -1.95. The minimum Gasteiger partial charge on any atom is -0.496 e. The molecule has 0 saturated carbocycles. The van der Waals surface area contributed by atoms with E-state index in [9.17, 15) is 0 Å². The van der Waals surface area contributed by atoms with E-state index in [1.54, 1.807) is 25.3 Å². The average Bonchev–Trinajstić information content (AvgIpc) is 2.40. The van der Waals surface area contributed by atoms with Crippen molar-refractivity contribution in [2.24, 2.45) is 0 Å². The van der Waals surface area contributed by atoms with E-state index in [-0.39, 0.29) is 5.38 Å². The first kappa shape index (κ1) is 15.0. The molecule has 2 aromatic rings. The molecule has 2 rings (SSSR count). The van der Waals surface area contributed by atoms with Crippen LogP contribution < -0.4 is 4.74 Å². The van der Waals surface area contributed by atoms with Gasteiger partial charge >= 0.3 is 0 Å². The summed E-state index contributed by atoms with van der Waals surface area (Å²) < 4.78 is 6.03. The molecule has 0 saturated heterocycles. The lowest BCUT2D eigenvalue weighted by Gasteiger charge is -2.14. The average molecular weight is 380 g/mol. The van der Waals surface area contributed by atoms with Gasteiger partial charge in [-0.1, -0.05) is 29.3 Å². The van der Waals surface area contributed by atoms with Gasteiger partial charge in [0.15, 0.2) is 0 Å². The van der Waals surface area contributed by atoms with Gasteiger partial charge in [0.25, 0.3) is 0 Å². The molecule has 0 aliphatic rings. The Morgan fingerprint density at radius 2 is 1.84 bits per heavy atom. The van der Waals surface area contributed by atoms with E-state index >= 15 is 0 Å². The van der Waals surface area contributed by atoms with Crippen molar-refractivity contribution in [2.75, 3.05) is 7.11 Å². The summed E-state index contributed by atoms with van der Waals surface area (Å²) in [6.07, 6.45) is 0. The van der Waals surface area contributed by atoms with Crippen LogP contribution in [0.15, 0.2) is 40.9 Å². The zero-order valence-corrected chi connectivity index (χ0v) is 13.8. The van der Waals surface area contributed by atoms with Crippen LogP contribution >= 0.6 is 50.7 Å². The van der Waals surface area contributed by atoms with Crippen molar-refractivity contribution in [1.82, 2.24) is 0 Å². The fraction of sp³-hybridized carbons (Fsp3) is 0.143. The Morgan fingerprint density at radius 3 is 2.47 bits per heavy atom. The second-order valence-corrected chi connectivity index (χ2v) is 6.06. The van der Waals surface area contributed by atoms with Crippen LogP contribution in [0.3, 0.4) is 0 Å². The molecular formula is C14H10BrCl3O. The Hall–Kier alpha value is -0.410. The molecule has 0 aromatic heterocycles. The first-order valence-electron chi connectivity index (χ1n) is 5.45. The molecule has 19 heavy (non-hydrogen) atoms. The Bertz CT molecular complexity index is 601. The van der Waals surface area contributed by atoms with Crippen molar-refractivity contribution >= 4 is 50.7 Å². The molecule has 0 bridgehead atoms. The molecule has 100 valence electrons. The zero-order chi connectivity index (χ0) is 14.0. The maximum atomic E-state index is 6.47. The number of benzene rings is 2. The van der Waals surface area contributed by atoms with Gasteiger partial charge in [-0.15, -0.1) is 11.6 Å². The summed E-state index contributed by atoms with van der Waals surface area (Å²) in [5, 5.41) is 0.836. The topological polar surface area (TPSA) is 9.23 Å². The van der Waals surface area contributed by atoms with E-state index < -0.39 is 0 Å². The van der Waals surface area contributed by atoms with Gasteiger partial charge in [-0.25, -0.2) is 0 Å². The van der Waals surface area contributed by atoms with E-state index in [1.807, 2.05) is 18.2 Å². The number of rotatable bonds is 3. The summed E-state index contributed by atoms with van der Waals surface area (Å²) in [7, 11) is 1.62. The highest BCUT2D eigenvalue weighted by atomic mass is 79.9. The van der Waals surface area contributed by atoms with Gasteiger partial charge in [-0.05, 0) is 57.4 Å². The SMILES string of the molecule is COc1ccc(C(Cl)c2cc(Cl)ccc2Cl)cc1Br. The van der Waals surface area contributed by atoms with Crippen LogP contribution in [0.1, 0.15) is 16.5 Å². The molecular weight excluding hydrogens is 370 g/mol. The third-order valence-electron chi connectivity index (χ3n) is 2.70. The van der Waals surface area contributed by atoms with Crippen molar-refractivity contribution in [2.45, 2.75) is 5.38 Å². The minimum absolute atomic E-state index is 0.367. The Kier molecular flexibility index (Phi) is 5.02. The van der Waals surface area contributed by atoms with Crippen LogP contribution in [0.4, 0.5) is 0 Å². The van der Waals surface area contributed by atoms with Crippen LogP contribution in [0.25, 0.3) is 0 Å². The van der Waals surface area contributed by atoms with Gasteiger partial charge in [-0.3, -0.25) is 0 Å². The molecule has 1 nitrogen and oxygen atoms in total. The van der Waals surface area contributed by atoms with Gasteiger partial charge in [-0.2, -0.15) is 0 Å². The van der Waals surface area contributed by atoms with E-state index in [2.05, 4.69) is 15.9 Å². The second-order valence-electron chi connectivity index (χ2n) is 3.92. The van der Waals surface area contributed by atoms with E-state index in [0.717, 1.165) is 21.3 Å². The van der Waals surface area contributed by atoms with Gasteiger partial charge in [0, 0.05) is 10.0 Å². The van der Waals surface area contributed by atoms with Crippen LogP contribution in [0, 0.1) is 0 Å². The lowest BCUT2D eigenvalue weighted by atomic mass is 10.0. The van der Waals surface area contributed by atoms with Crippen LogP contribution in [-0.2, 0) is 0 Å². The van der Waals surface area contributed by atoms with Crippen molar-refractivity contribution in [1.29, 1.82) is 0 Å². The second kappa shape index (κ2) is 6.36. The van der Waals surface area contributed by atoms with E-state index in [1.165, 1.54) is 0 Å². The highest BCUT2D eigenvalue weighted by molar-refractivity contribution is 9.10. The summed E-state index contributed by atoms with van der Waals surface area (Å²) in [5.74, 6) is 0.754. The Labute approximate surface area is 135 Å². The fourth-order valence-electron chi connectivity index (χ4n) is 1.73. The predicted octanol–water partition coefficient (Wildman–Crippen LogP) is 6.09. The normalized spacial score (nSPS) is 12.3. The van der Waals surface area contributed by atoms with Gasteiger partial charge in [0.1, 0.15) is 5.75 Å². The molecule has 0 heterocycles. The van der Waals surface area contributed by atoms with Crippen molar-refractivity contribution < 1.29 is 4.74 Å². The first-order valence-corrected chi connectivity index (χ1v) is 7.44. The fourth-order valence-corrected chi connectivity index (χ4v) is 3.07. The van der Waals surface area contributed by atoms with Gasteiger partial charge in [0.2, 0.25) is 0 Å². The van der Waals surface area contributed by atoms with Crippen molar-refractivity contribution in [3.05, 3.63) is 62.0 Å². The summed E-state index contributed by atoms with van der Waals surface area (Å²) >= 11 is 22.1. The number of ether oxygens (including phenoxy) is 1. The number of methoxy groups -OCH3 is 1. The largest absolute Gasteiger partial charge is 0.496 e. The Morgan fingerprint density at radius 1 is 1.11 bits per heavy atom. The van der Waals surface area contributed by atoms with E-state index in [4.69, 9.17) is 39.5 Å². The van der Waals surface area contributed by atoms with Gasteiger partial charge < -0.3 is 4.74 Å². The summed E-state index contributed by atoms with van der Waals surface area (Å²) in [4.78, 5) is 0. The smallest absolute Gasteiger partial charge is 0.133 e. The molecule has 0 spiro atoms. The molecule has 0 aliphatic carbocycles. The third-order valence-corrected chi connectivity index (χ3v) is 4.39. The first-order chi connectivity index (χ1) is 9.02. The van der Waals surface area contributed by atoms with Crippen LogP contribution in [-0.4, -0.2) is 7.11 Å². The molecule has 1 unspecified atom stereocenters. The number of halogens is 4. The number of alkyl halides is 1. The van der Waals surface area contributed by atoms with Crippen molar-refractivity contribution in [3.8, 4) is 5.75 Å². The van der Waals surface area contributed by atoms with Crippen LogP contribution in [0.5, 0.6) is 5.75 Å². The zero-order valence-electron chi connectivity index (χ0n) is 9.96. The summed E-state index contributed by atoms with van der Waals surface area (Å²) in [6, 6.07) is 10.9. The molecule has 2 aromatic carbocycles. The number of hydrogen-bond donors (Lipinski definition) is 0. The predicted molar refractivity (Wildman–Crippen MR) is 84.9 cm³/mol. The van der Waals surface area contributed by atoms with Crippen LogP contribution in [0.2, 0.25) is 10.0 Å². The molecule has 0 radical (unpaired) electrons. The summed E-state index contributed by atoms with van der Waals surface area (Å²) in [6.45, 7) is 0. The minimum atomic E-state index is -0.367. The molecule has 0 amide bonds. The molecule has 5 heteroatoms. The molecule has 1 atom stereocenters. The third kappa shape index (κ3) is 3.38. The Balaban J connectivity index is 2.41.